The van der Waals surface area contributed by atoms with Gasteiger partial charge < -0.3 is 16.0 Å². The number of carbonyl (C=O) groups is 1. The van der Waals surface area contributed by atoms with Crippen LogP contribution in [0.2, 0.25) is 0 Å². The number of amides is 1. The Kier molecular flexibility index (Phi) is 4.57. The summed E-state index contributed by atoms with van der Waals surface area (Å²) in [6, 6.07) is 5.97. The molecule has 1 aliphatic carbocycles. The van der Waals surface area contributed by atoms with Crippen molar-refractivity contribution in [3.63, 3.8) is 0 Å². The summed E-state index contributed by atoms with van der Waals surface area (Å²) in [5.74, 6) is 0.465. The summed E-state index contributed by atoms with van der Waals surface area (Å²) >= 11 is 0. The van der Waals surface area contributed by atoms with Gasteiger partial charge in [0.25, 0.3) is 0 Å². The van der Waals surface area contributed by atoms with E-state index in [0.717, 1.165) is 30.6 Å². The molecule has 4 nitrogen and oxygen atoms in total. The first-order valence-corrected chi connectivity index (χ1v) is 7.70. The fourth-order valence-electron chi connectivity index (χ4n) is 3.22. The lowest BCUT2D eigenvalue weighted by Crippen LogP contribution is -2.53. The molecule has 1 aromatic rings. The summed E-state index contributed by atoms with van der Waals surface area (Å²) in [6.07, 6.45) is 3.74. The van der Waals surface area contributed by atoms with E-state index in [2.05, 4.69) is 19.2 Å². The third-order valence-corrected chi connectivity index (χ3v) is 4.43. The zero-order valence-electron chi connectivity index (χ0n) is 13.6. The summed E-state index contributed by atoms with van der Waals surface area (Å²) in [5.41, 5.74) is 8.74. The Hall–Kier alpha value is -1.55. The highest BCUT2D eigenvalue weighted by atomic mass is 16.2. The van der Waals surface area contributed by atoms with Crippen molar-refractivity contribution >= 4 is 17.3 Å². The van der Waals surface area contributed by atoms with E-state index in [9.17, 15) is 4.79 Å². The molecule has 0 aliphatic heterocycles. The molecule has 1 aromatic carbocycles. The Morgan fingerprint density at radius 2 is 2.14 bits per heavy atom. The molecule has 4 heteroatoms. The Morgan fingerprint density at radius 1 is 1.43 bits per heavy atom. The van der Waals surface area contributed by atoms with Crippen LogP contribution in [0.3, 0.4) is 0 Å². The summed E-state index contributed by atoms with van der Waals surface area (Å²) in [6.45, 7) is 4.23. The highest BCUT2D eigenvalue weighted by molar-refractivity contribution is 5.98. The fraction of sp³-hybridized carbons (Fsp3) is 0.588. The molecular weight excluding hydrogens is 262 g/mol. The highest BCUT2D eigenvalue weighted by Gasteiger charge is 2.37. The molecule has 2 unspecified atom stereocenters. The van der Waals surface area contributed by atoms with Crippen LogP contribution in [-0.2, 0) is 4.79 Å². The Labute approximate surface area is 127 Å². The fourth-order valence-corrected chi connectivity index (χ4v) is 3.22. The van der Waals surface area contributed by atoms with Crippen molar-refractivity contribution in [1.29, 1.82) is 0 Å². The Bertz CT molecular complexity index is 527. The third-order valence-electron chi connectivity index (χ3n) is 4.43. The van der Waals surface area contributed by atoms with E-state index < -0.39 is 5.54 Å². The topological polar surface area (TPSA) is 58.4 Å². The quantitative estimate of drug-likeness (QED) is 0.899. The normalized spacial score (nSPS) is 25.5. The summed E-state index contributed by atoms with van der Waals surface area (Å²) in [7, 11) is 4.00. The van der Waals surface area contributed by atoms with E-state index in [-0.39, 0.29) is 5.91 Å². The predicted octanol–water partition coefficient (Wildman–Crippen LogP) is 2.91. The van der Waals surface area contributed by atoms with Crippen molar-refractivity contribution < 1.29 is 4.79 Å². The number of benzene rings is 1. The lowest BCUT2D eigenvalue weighted by Gasteiger charge is -2.35. The molecule has 1 amide bonds. The second-order valence-electron chi connectivity index (χ2n) is 6.71. The van der Waals surface area contributed by atoms with E-state index in [4.69, 9.17) is 5.73 Å². The van der Waals surface area contributed by atoms with Gasteiger partial charge in [0.1, 0.15) is 0 Å². The van der Waals surface area contributed by atoms with Crippen molar-refractivity contribution in [3.8, 4) is 0 Å². The zero-order chi connectivity index (χ0) is 15.6. The molecular formula is C17H27N3O. The lowest BCUT2D eigenvalue weighted by atomic mass is 9.76. The van der Waals surface area contributed by atoms with E-state index in [1.54, 1.807) is 0 Å². The SMILES string of the molecule is Cc1ccc(NC(=O)C2(N)CCCC(C)C2)cc1N(C)C. The molecule has 0 radical (unpaired) electrons. The minimum atomic E-state index is -0.721. The largest absolute Gasteiger partial charge is 0.377 e. The van der Waals surface area contributed by atoms with Gasteiger partial charge in [0.05, 0.1) is 5.54 Å². The number of hydrogen-bond donors (Lipinski definition) is 2. The number of hydrogen-bond acceptors (Lipinski definition) is 3. The van der Waals surface area contributed by atoms with Gasteiger partial charge in [-0.15, -0.1) is 0 Å². The predicted molar refractivity (Wildman–Crippen MR) is 88.7 cm³/mol. The van der Waals surface area contributed by atoms with Crippen LogP contribution < -0.4 is 16.0 Å². The molecule has 3 N–H and O–H groups in total. The molecule has 1 aliphatic rings. The molecule has 0 saturated heterocycles. The maximum atomic E-state index is 12.6. The molecule has 0 heterocycles. The van der Waals surface area contributed by atoms with Gasteiger partial charge in [-0.1, -0.05) is 25.8 Å². The van der Waals surface area contributed by atoms with Crippen LogP contribution in [0, 0.1) is 12.8 Å². The van der Waals surface area contributed by atoms with Gasteiger partial charge in [-0.25, -0.2) is 0 Å². The van der Waals surface area contributed by atoms with Crippen LogP contribution in [0.1, 0.15) is 38.2 Å². The van der Waals surface area contributed by atoms with E-state index in [1.165, 1.54) is 12.0 Å². The number of nitrogens with two attached hydrogens (primary N) is 1. The standard InChI is InChI=1S/C17H27N3O/c1-12-6-5-9-17(18,11-12)16(21)19-14-8-7-13(2)15(10-14)20(3)4/h7-8,10,12H,5-6,9,11,18H2,1-4H3,(H,19,21). The Balaban J connectivity index is 2.14. The van der Waals surface area contributed by atoms with E-state index in [0.29, 0.717) is 5.92 Å². The summed E-state index contributed by atoms with van der Waals surface area (Å²) < 4.78 is 0. The first-order chi connectivity index (χ1) is 9.82. The lowest BCUT2D eigenvalue weighted by molar-refractivity contribution is -0.122. The average molecular weight is 289 g/mol. The molecule has 1 fully saturated rings. The van der Waals surface area contributed by atoms with Gasteiger partial charge in [-0.2, -0.15) is 0 Å². The number of aryl methyl sites for hydroxylation is 1. The van der Waals surface area contributed by atoms with Crippen LogP contribution >= 0.6 is 0 Å². The van der Waals surface area contributed by atoms with Gasteiger partial charge in [-0.05, 0) is 43.4 Å². The number of nitrogens with zero attached hydrogens (tertiary/aromatic N) is 1. The molecule has 2 atom stereocenters. The number of carbonyl (C=O) groups excluding carboxylic acids is 1. The second kappa shape index (κ2) is 6.06. The zero-order valence-corrected chi connectivity index (χ0v) is 13.6. The van der Waals surface area contributed by atoms with Crippen LogP contribution in [-0.4, -0.2) is 25.5 Å². The number of nitrogens with one attached hydrogen (secondary N) is 1. The summed E-state index contributed by atoms with van der Waals surface area (Å²) in [4.78, 5) is 14.6. The Morgan fingerprint density at radius 3 is 2.76 bits per heavy atom. The van der Waals surface area contributed by atoms with Crippen LogP contribution in [0.25, 0.3) is 0 Å². The molecule has 1 saturated carbocycles. The molecule has 0 spiro atoms. The molecule has 116 valence electrons. The van der Waals surface area contributed by atoms with Gasteiger partial charge in [0.15, 0.2) is 0 Å². The van der Waals surface area contributed by atoms with Crippen molar-refractivity contribution in [2.75, 3.05) is 24.3 Å². The highest BCUT2D eigenvalue weighted by Crippen LogP contribution is 2.32. The minimum absolute atomic E-state index is 0.0531. The van der Waals surface area contributed by atoms with Crippen molar-refractivity contribution in [1.82, 2.24) is 0 Å². The second-order valence-corrected chi connectivity index (χ2v) is 6.71. The molecule has 0 bridgehead atoms. The van der Waals surface area contributed by atoms with Gasteiger partial charge >= 0.3 is 0 Å². The maximum Gasteiger partial charge on any atom is 0.244 e. The smallest absolute Gasteiger partial charge is 0.244 e. The molecule has 21 heavy (non-hydrogen) atoms. The average Bonchev–Trinajstić information content (AvgIpc) is 2.40. The monoisotopic (exact) mass is 289 g/mol. The van der Waals surface area contributed by atoms with Crippen LogP contribution in [0.5, 0.6) is 0 Å². The van der Waals surface area contributed by atoms with Crippen LogP contribution in [0.4, 0.5) is 11.4 Å². The van der Waals surface area contributed by atoms with Crippen molar-refractivity contribution in [3.05, 3.63) is 23.8 Å². The van der Waals surface area contributed by atoms with Gasteiger partial charge in [-0.3, -0.25) is 4.79 Å². The first kappa shape index (κ1) is 15.8. The first-order valence-electron chi connectivity index (χ1n) is 7.70. The third kappa shape index (κ3) is 3.56. The summed E-state index contributed by atoms with van der Waals surface area (Å²) in [5, 5.41) is 3.00. The van der Waals surface area contributed by atoms with Gasteiger partial charge in [0, 0.05) is 25.5 Å². The molecule has 2 rings (SSSR count). The number of anilines is 2. The molecule has 0 aromatic heterocycles. The maximum absolute atomic E-state index is 12.6. The van der Waals surface area contributed by atoms with E-state index >= 15 is 0 Å². The van der Waals surface area contributed by atoms with Crippen molar-refractivity contribution in [2.45, 2.75) is 45.1 Å². The minimum Gasteiger partial charge on any atom is -0.377 e. The van der Waals surface area contributed by atoms with Crippen LogP contribution in [0.15, 0.2) is 18.2 Å². The van der Waals surface area contributed by atoms with E-state index in [1.807, 2.05) is 37.2 Å². The van der Waals surface area contributed by atoms with Crippen molar-refractivity contribution in [2.24, 2.45) is 11.7 Å². The van der Waals surface area contributed by atoms with Gasteiger partial charge in [0.2, 0.25) is 5.91 Å². The number of rotatable bonds is 3.